The van der Waals surface area contributed by atoms with E-state index in [0.29, 0.717) is 29.7 Å². The summed E-state index contributed by atoms with van der Waals surface area (Å²) in [6.45, 7) is 1.89. The second-order valence-corrected chi connectivity index (χ2v) is 4.96. The number of anilines is 1. The fourth-order valence-corrected chi connectivity index (χ4v) is 2.32. The lowest BCUT2D eigenvalue weighted by atomic mass is 10.2. The maximum atomic E-state index is 6.35. The molecule has 1 aromatic heterocycles. The number of nitrogens with zero attached hydrogens (tertiary/aromatic N) is 2. The van der Waals surface area contributed by atoms with Gasteiger partial charge in [0.1, 0.15) is 5.82 Å². The van der Waals surface area contributed by atoms with Crippen molar-refractivity contribution in [1.29, 1.82) is 0 Å². The molecule has 2 rings (SSSR count). The molecule has 0 aliphatic heterocycles. The lowest BCUT2D eigenvalue weighted by Crippen LogP contribution is -2.06. The summed E-state index contributed by atoms with van der Waals surface area (Å²) < 4.78 is 17.4. The molecule has 1 heterocycles. The molecule has 0 fully saturated rings. The average Bonchev–Trinajstić information content (AvgIpc) is 2.99. The van der Waals surface area contributed by atoms with E-state index < -0.39 is 0 Å². The molecule has 0 spiro atoms. The van der Waals surface area contributed by atoms with Crippen molar-refractivity contribution in [3.63, 3.8) is 0 Å². The van der Waals surface area contributed by atoms with Gasteiger partial charge in [0.2, 0.25) is 0 Å². The number of benzene rings is 1. The van der Waals surface area contributed by atoms with Crippen LogP contribution in [0.1, 0.15) is 5.56 Å². The molecule has 22 heavy (non-hydrogen) atoms. The van der Waals surface area contributed by atoms with Gasteiger partial charge in [-0.25, -0.2) is 0 Å². The number of hydrogen-bond donors (Lipinski definition) is 1. The van der Waals surface area contributed by atoms with Crippen LogP contribution < -0.4 is 14.8 Å². The summed E-state index contributed by atoms with van der Waals surface area (Å²) in [6.07, 6.45) is 1.90. The predicted molar refractivity (Wildman–Crippen MR) is 86.0 cm³/mol. The number of nitrogens with one attached hydrogen (secondary N) is 1. The van der Waals surface area contributed by atoms with E-state index in [2.05, 4.69) is 10.4 Å². The van der Waals surface area contributed by atoms with Gasteiger partial charge in [-0.2, -0.15) is 5.10 Å². The van der Waals surface area contributed by atoms with Gasteiger partial charge >= 0.3 is 0 Å². The van der Waals surface area contributed by atoms with Crippen LogP contribution in [0.25, 0.3) is 0 Å². The highest BCUT2D eigenvalue weighted by atomic mass is 35.5. The first-order valence-electron chi connectivity index (χ1n) is 6.85. The average molecular weight is 326 g/mol. The second kappa shape index (κ2) is 7.91. The Hall–Kier alpha value is -1.92. The summed E-state index contributed by atoms with van der Waals surface area (Å²) in [4.78, 5) is 0. The third-order valence-corrected chi connectivity index (χ3v) is 3.60. The number of hydrogen-bond acceptors (Lipinski definition) is 5. The molecule has 0 bridgehead atoms. The number of ether oxygens (including phenoxy) is 3. The van der Waals surface area contributed by atoms with Crippen molar-refractivity contribution in [2.24, 2.45) is 0 Å². The predicted octanol–water partition coefficient (Wildman–Crippen LogP) is 2.81. The van der Waals surface area contributed by atoms with Crippen molar-refractivity contribution in [2.75, 3.05) is 33.3 Å². The van der Waals surface area contributed by atoms with E-state index in [1.54, 1.807) is 21.3 Å². The van der Waals surface area contributed by atoms with Crippen molar-refractivity contribution in [2.45, 2.75) is 13.1 Å². The van der Waals surface area contributed by atoms with E-state index in [-0.39, 0.29) is 0 Å². The Morgan fingerprint density at radius 3 is 2.68 bits per heavy atom. The smallest absolute Gasteiger partial charge is 0.179 e. The summed E-state index contributed by atoms with van der Waals surface area (Å²) in [6, 6.07) is 5.64. The summed E-state index contributed by atoms with van der Waals surface area (Å²) >= 11 is 6.35. The van der Waals surface area contributed by atoms with Gasteiger partial charge in [-0.3, -0.25) is 4.68 Å². The Balaban J connectivity index is 2.03. The number of methoxy groups -OCH3 is 3. The molecule has 0 amide bonds. The topological polar surface area (TPSA) is 57.5 Å². The Labute approximate surface area is 134 Å². The molecule has 1 N–H and O–H groups in total. The third-order valence-electron chi connectivity index (χ3n) is 3.19. The molecule has 0 saturated carbocycles. The minimum Gasteiger partial charge on any atom is -0.493 e. The molecule has 0 atom stereocenters. The van der Waals surface area contributed by atoms with Crippen molar-refractivity contribution >= 4 is 17.4 Å². The fourth-order valence-electron chi connectivity index (χ4n) is 2.02. The van der Waals surface area contributed by atoms with Gasteiger partial charge in [-0.15, -0.1) is 0 Å². The monoisotopic (exact) mass is 325 g/mol. The summed E-state index contributed by atoms with van der Waals surface area (Å²) in [5, 5.41) is 8.16. The molecule has 0 radical (unpaired) electrons. The molecule has 7 heteroatoms. The summed E-state index contributed by atoms with van der Waals surface area (Å²) in [5.41, 5.74) is 0.908. The Kier molecular flexibility index (Phi) is 5.91. The lowest BCUT2D eigenvalue weighted by molar-refractivity contribution is 0.183. The highest BCUT2D eigenvalue weighted by Gasteiger charge is 2.13. The highest BCUT2D eigenvalue weighted by molar-refractivity contribution is 6.33. The SMILES string of the molecule is COCCn1ccc(NCc2ccc(OC)c(OC)c2Cl)n1. The molecule has 0 aliphatic rings. The fraction of sp³-hybridized carbons (Fsp3) is 0.400. The van der Waals surface area contributed by atoms with Crippen LogP contribution >= 0.6 is 11.6 Å². The van der Waals surface area contributed by atoms with Gasteiger partial charge in [0.05, 0.1) is 32.4 Å². The zero-order valence-corrected chi connectivity index (χ0v) is 13.7. The van der Waals surface area contributed by atoms with E-state index in [1.165, 1.54) is 0 Å². The zero-order valence-electron chi connectivity index (χ0n) is 12.9. The molecule has 0 aliphatic carbocycles. The van der Waals surface area contributed by atoms with Gasteiger partial charge in [-0.05, 0) is 11.6 Å². The molecule has 0 unspecified atom stereocenters. The van der Waals surface area contributed by atoms with E-state index in [0.717, 1.165) is 17.9 Å². The maximum Gasteiger partial charge on any atom is 0.179 e. The molecule has 1 aromatic carbocycles. The normalized spacial score (nSPS) is 10.5. The van der Waals surface area contributed by atoms with Crippen molar-refractivity contribution < 1.29 is 14.2 Å². The van der Waals surface area contributed by atoms with E-state index in [4.69, 9.17) is 25.8 Å². The van der Waals surface area contributed by atoms with Crippen molar-refractivity contribution in [3.05, 3.63) is 35.0 Å². The quantitative estimate of drug-likeness (QED) is 0.808. The largest absolute Gasteiger partial charge is 0.493 e. The zero-order chi connectivity index (χ0) is 15.9. The minimum absolute atomic E-state index is 0.535. The third kappa shape index (κ3) is 3.84. The maximum absolute atomic E-state index is 6.35. The van der Waals surface area contributed by atoms with Crippen molar-refractivity contribution in [1.82, 2.24) is 9.78 Å². The van der Waals surface area contributed by atoms with Crippen molar-refractivity contribution in [3.8, 4) is 11.5 Å². The first-order valence-corrected chi connectivity index (χ1v) is 7.23. The Bertz CT molecular complexity index is 616. The molecular formula is C15H20ClN3O3. The van der Waals surface area contributed by atoms with Crippen LogP contribution in [0.2, 0.25) is 5.02 Å². The first-order chi connectivity index (χ1) is 10.7. The minimum atomic E-state index is 0.535. The van der Waals surface area contributed by atoms with Gasteiger partial charge < -0.3 is 19.5 Å². The van der Waals surface area contributed by atoms with Gasteiger partial charge in [0.15, 0.2) is 11.5 Å². The molecular weight excluding hydrogens is 306 g/mol. The van der Waals surface area contributed by atoms with Crippen LogP contribution in [0.5, 0.6) is 11.5 Å². The van der Waals surface area contributed by atoms with Crippen LogP contribution in [0, 0.1) is 0 Å². The van der Waals surface area contributed by atoms with Gasteiger partial charge in [0.25, 0.3) is 0 Å². The first kappa shape index (κ1) is 16.5. The van der Waals surface area contributed by atoms with Gasteiger partial charge in [0, 0.05) is 25.9 Å². The number of rotatable bonds is 8. The highest BCUT2D eigenvalue weighted by Crippen LogP contribution is 2.37. The molecule has 2 aromatic rings. The van der Waals surface area contributed by atoms with Crippen LogP contribution in [0.4, 0.5) is 5.82 Å². The van der Waals surface area contributed by atoms with Crippen LogP contribution in [0.3, 0.4) is 0 Å². The summed E-state index contributed by atoms with van der Waals surface area (Å²) in [5.74, 6) is 1.93. The second-order valence-electron chi connectivity index (χ2n) is 4.58. The van der Waals surface area contributed by atoms with Gasteiger partial charge in [-0.1, -0.05) is 17.7 Å². The molecule has 120 valence electrons. The van der Waals surface area contributed by atoms with E-state index in [9.17, 15) is 0 Å². The van der Waals surface area contributed by atoms with Crippen LogP contribution in [-0.4, -0.2) is 37.7 Å². The van der Waals surface area contributed by atoms with E-state index >= 15 is 0 Å². The Morgan fingerprint density at radius 2 is 2.00 bits per heavy atom. The summed E-state index contributed by atoms with van der Waals surface area (Å²) in [7, 11) is 4.82. The Morgan fingerprint density at radius 1 is 1.18 bits per heavy atom. The molecule has 6 nitrogen and oxygen atoms in total. The standard InChI is InChI=1S/C15H20ClN3O3/c1-20-9-8-19-7-6-13(18-19)17-10-11-4-5-12(21-2)15(22-3)14(11)16/h4-7H,8-10H2,1-3H3,(H,17,18). The van der Waals surface area contributed by atoms with E-state index in [1.807, 2.05) is 29.1 Å². The lowest BCUT2D eigenvalue weighted by Gasteiger charge is -2.13. The molecule has 0 saturated heterocycles. The van der Waals surface area contributed by atoms with Crippen LogP contribution in [-0.2, 0) is 17.8 Å². The van der Waals surface area contributed by atoms with Crippen LogP contribution in [0.15, 0.2) is 24.4 Å². The number of halogens is 1. The number of aromatic nitrogens is 2.